The van der Waals surface area contributed by atoms with E-state index in [1.807, 2.05) is 25.7 Å². The highest BCUT2D eigenvalue weighted by atomic mass is 79.9. The molecule has 1 aliphatic rings. The molecule has 0 radical (unpaired) electrons. The Kier molecular flexibility index (Phi) is 4.50. The van der Waals surface area contributed by atoms with Crippen LogP contribution in [0.2, 0.25) is 0 Å². The molecule has 0 aliphatic carbocycles. The maximum absolute atomic E-state index is 12.0. The highest BCUT2D eigenvalue weighted by Gasteiger charge is 2.38. The molecular formula is C13H24BrNO2. The maximum Gasteiger partial charge on any atom is 0.410 e. The second-order valence-electron chi connectivity index (χ2n) is 6.38. The fourth-order valence-electron chi connectivity index (χ4n) is 2.03. The first kappa shape index (κ1) is 14.8. The van der Waals surface area contributed by atoms with Crippen LogP contribution in [-0.2, 0) is 4.74 Å². The van der Waals surface area contributed by atoms with Gasteiger partial charge in [-0.3, -0.25) is 0 Å². The third kappa shape index (κ3) is 3.87. The minimum atomic E-state index is -0.412. The van der Waals surface area contributed by atoms with Crippen molar-refractivity contribution in [3.05, 3.63) is 0 Å². The molecule has 0 aromatic heterocycles. The number of ether oxygens (including phenoxy) is 1. The van der Waals surface area contributed by atoms with Crippen molar-refractivity contribution in [2.75, 3.05) is 18.4 Å². The van der Waals surface area contributed by atoms with E-state index >= 15 is 0 Å². The fraction of sp³-hybridized carbons (Fsp3) is 0.923. The molecule has 2 unspecified atom stereocenters. The van der Waals surface area contributed by atoms with Gasteiger partial charge in [0.2, 0.25) is 0 Å². The smallest absolute Gasteiger partial charge is 0.410 e. The van der Waals surface area contributed by atoms with Crippen molar-refractivity contribution in [3.63, 3.8) is 0 Å². The standard InChI is InChI=1S/C13H24BrNO2/c1-10-6-7-15(9-13(10,5)8-14)11(16)17-12(2,3)4/h10H,6-9H2,1-5H3. The monoisotopic (exact) mass is 305 g/mol. The van der Waals surface area contributed by atoms with Crippen LogP contribution in [0.25, 0.3) is 0 Å². The van der Waals surface area contributed by atoms with Crippen molar-refractivity contribution < 1.29 is 9.53 Å². The van der Waals surface area contributed by atoms with Gasteiger partial charge in [0.25, 0.3) is 0 Å². The van der Waals surface area contributed by atoms with Gasteiger partial charge in [-0.05, 0) is 38.5 Å². The van der Waals surface area contributed by atoms with E-state index in [-0.39, 0.29) is 11.5 Å². The predicted molar refractivity (Wildman–Crippen MR) is 73.5 cm³/mol. The van der Waals surface area contributed by atoms with Gasteiger partial charge in [0, 0.05) is 18.4 Å². The Morgan fingerprint density at radius 3 is 2.59 bits per heavy atom. The van der Waals surface area contributed by atoms with Crippen LogP contribution in [0.3, 0.4) is 0 Å². The van der Waals surface area contributed by atoms with Crippen LogP contribution >= 0.6 is 15.9 Å². The molecular weight excluding hydrogens is 282 g/mol. The van der Waals surface area contributed by atoms with Gasteiger partial charge in [-0.2, -0.15) is 0 Å². The number of hydrogen-bond donors (Lipinski definition) is 0. The highest BCUT2D eigenvalue weighted by Crippen LogP contribution is 2.36. The first-order valence-corrected chi connectivity index (χ1v) is 7.34. The minimum Gasteiger partial charge on any atom is -0.444 e. The van der Waals surface area contributed by atoms with E-state index in [0.717, 1.165) is 24.8 Å². The number of nitrogens with zero attached hydrogens (tertiary/aromatic N) is 1. The molecule has 100 valence electrons. The van der Waals surface area contributed by atoms with Crippen molar-refractivity contribution >= 4 is 22.0 Å². The van der Waals surface area contributed by atoms with Crippen molar-refractivity contribution in [3.8, 4) is 0 Å². The van der Waals surface area contributed by atoms with Crippen LogP contribution in [0.4, 0.5) is 4.79 Å². The minimum absolute atomic E-state index is 0.148. The number of piperidine rings is 1. The fourth-order valence-corrected chi connectivity index (χ4v) is 2.76. The molecule has 1 aliphatic heterocycles. The van der Waals surface area contributed by atoms with Crippen molar-refractivity contribution in [2.45, 2.75) is 46.6 Å². The number of amides is 1. The van der Waals surface area contributed by atoms with E-state index < -0.39 is 5.60 Å². The molecule has 1 fully saturated rings. The van der Waals surface area contributed by atoms with E-state index in [0.29, 0.717) is 5.92 Å². The van der Waals surface area contributed by atoms with Crippen LogP contribution in [0.15, 0.2) is 0 Å². The van der Waals surface area contributed by atoms with Crippen LogP contribution in [0.5, 0.6) is 0 Å². The summed E-state index contributed by atoms with van der Waals surface area (Å²) in [5.74, 6) is 0.626. The first-order chi connectivity index (χ1) is 7.68. The van der Waals surface area contributed by atoms with E-state index in [1.165, 1.54) is 0 Å². The number of halogens is 1. The topological polar surface area (TPSA) is 29.5 Å². The Hall–Kier alpha value is -0.250. The molecule has 0 aromatic rings. The van der Waals surface area contributed by atoms with E-state index in [4.69, 9.17) is 4.74 Å². The van der Waals surface area contributed by atoms with Crippen LogP contribution < -0.4 is 0 Å². The molecule has 1 amide bonds. The molecule has 0 aromatic carbocycles. The summed E-state index contributed by atoms with van der Waals surface area (Å²) in [6.45, 7) is 11.8. The molecule has 0 spiro atoms. The van der Waals surface area contributed by atoms with Gasteiger partial charge in [0.05, 0.1) is 0 Å². The normalized spacial score (nSPS) is 30.2. The molecule has 2 atom stereocenters. The summed E-state index contributed by atoms with van der Waals surface area (Å²) < 4.78 is 5.42. The Bertz CT molecular complexity index is 288. The first-order valence-electron chi connectivity index (χ1n) is 6.22. The van der Waals surface area contributed by atoms with E-state index in [9.17, 15) is 4.79 Å². The lowest BCUT2D eigenvalue weighted by Crippen LogP contribution is -2.50. The predicted octanol–water partition coefficient (Wildman–Crippen LogP) is 3.66. The molecule has 0 bridgehead atoms. The van der Waals surface area contributed by atoms with Gasteiger partial charge in [0.1, 0.15) is 5.60 Å². The van der Waals surface area contributed by atoms with Gasteiger partial charge in [-0.1, -0.05) is 29.8 Å². The molecule has 1 heterocycles. The molecule has 3 nitrogen and oxygen atoms in total. The largest absolute Gasteiger partial charge is 0.444 e. The lowest BCUT2D eigenvalue weighted by molar-refractivity contribution is -0.000324. The van der Waals surface area contributed by atoms with Crippen LogP contribution in [0, 0.1) is 11.3 Å². The number of hydrogen-bond acceptors (Lipinski definition) is 2. The average molecular weight is 306 g/mol. The molecule has 0 N–H and O–H groups in total. The van der Waals surface area contributed by atoms with Crippen LogP contribution in [-0.4, -0.2) is 35.0 Å². The summed E-state index contributed by atoms with van der Waals surface area (Å²) in [6.07, 6.45) is 0.859. The summed E-state index contributed by atoms with van der Waals surface area (Å²) in [5.41, 5.74) is -0.264. The Morgan fingerprint density at radius 1 is 1.53 bits per heavy atom. The van der Waals surface area contributed by atoms with Crippen LogP contribution in [0.1, 0.15) is 41.0 Å². The number of carbonyl (C=O) groups excluding carboxylic acids is 1. The summed E-state index contributed by atoms with van der Waals surface area (Å²) in [6, 6.07) is 0. The lowest BCUT2D eigenvalue weighted by Gasteiger charge is -2.44. The number of alkyl halides is 1. The van der Waals surface area contributed by atoms with Gasteiger partial charge in [0.15, 0.2) is 0 Å². The quantitative estimate of drug-likeness (QED) is 0.692. The second kappa shape index (κ2) is 5.17. The molecule has 1 saturated heterocycles. The highest BCUT2D eigenvalue weighted by molar-refractivity contribution is 9.09. The number of rotatable bonds is 1. The van der Waals surface area contributed by atoms with E-state index in [2.05, 4.69) is 29.8 Å². The van der Waals surface area contributed by atoms with Crippen molar-refractivity contribution in [1.29, 1.82) is 0 Å². The number of carbonyl (C=O) groups is 1. The maximum atomic E-state index is 12.0. The second-order valence-corrected chi connectivity index (χ2v) is 6.94. The van der Waals surface area contributed by atoms with Gasteiger partial charge in [-0.15, -0.1) is 0 Å². The third-order valence-corrected chi connectivity index (χ3v) is 4.81. The van der Waals surface area contributed by atoms with Crippen molar-refractivity contribution in [1.82, 2.24) is 4.90 Å². The Balaban J connectivity index is 2.66. The molecule has 1 rings (SSSR count). The van der Waals surface area contributed by atoms with Crippen molar-refractivity contribution in [2.24, 2.45) is 11.3 Å². The zero-order valence-corrected chi connectivity index (χ0v) is 13.1. The van der Waals surface area contributed by atoms with Gasteiger partial charge < -0.3 is 9.64 Å². The number of likely N-dealkylation sites (tertiary alicyclic amines) is 1. The molecule has 4 heteroatoms. The zero-order chi connectivity index (χ0) is 13.3. The average Bonchev–Trinajstić information content (AvgIpc) is 2.19. The van der Waals surface area contributed by atoms with Gasteiger partial charge in [-0.25, -0.2) is 4.79 Å². The lowest BCUT2D eigenvalue weighted by atomic mass is 9.75. The zero-order valence-electron chi connectivity index (χ0n) is 11.5. The van der Waals surface area contributed by atoms with E-state index in [1.54, 1.807) is 0 Å². The van der Waals surface area contributed by atoms with Gasteiger partial charge >= 0.3 is 6.09 Å². The Morgan fingerprint density at radius 2 is 2.12 bits per heavy atom. The molecule has 0 saturated carbocycles. The summed E-state index contributed by atoms with van der Waals surface area (Å²) in [4.78, 5) is 13.9. The third-order valence-electron chi connectivity index (χ3n) is 3.53. The summed E-state index contributed by atoms with van der Waals surface area (Å²) in [7, 11) is 0. The Labute approximate surface area is 113 Å². The summed E-state index contributed by atoms with van der Waals surface area (Å²) in [5, 5.41) is 0.917. The SMILES string of the molecule is CC1CCN(C(=O)OC(C)(C)C)CC1(C)CBr. The summed E-state index contributed by atoms with van der Waals surface area (Å²) >= 11 is 3.57. The molecule has 17 heavy (non-hydrogen) atoms.